The number of aliphatic hydroxyl groups is 1. The smallest absolute Gasteiger partial charge is 0.0945 e. The van der Waals surface area contributed by atoms with Crippen LogP contribution in [0.5, 0.6) is 0 Å². The van der Waals surface area contributed by atoms with E-state index in [9.17, 15) is 5.11 Å². The lowest BCUT2D eigenvalue weighted by molar-refractivity contribution is -0.0169. The predicted molar refractivity (Wildman–Crippen MR) is 86.3 cm³/mol. The Hall–Kier alpha value is -0.900. The second kappa shape index (κ2) is 6.91. The molecule has 116 valence electrons. The van der Waals surface area contributed by atoms with E-state index in [1.165, 1.54) is 32.4 Å². The number of rotatable bonds is 4. The van der Waals surface area contributed by atoms with Crippen LogP contribution < -0.4 is 0 Å². The quantitative estimate of drug-likeness (QED) is 0.923. The molecule has 0 aromatic heterocycles. The summed E-state index contributed by atoms with van der Waals surface area (Å²) in [5.41, 5.74) is 1.05. The zero-order valence-corrected chi connectivity index (χ0v) is 13.1. The molecule has 2 saturated heterocycles. The molecule has 1 aromatic rings. The highest BCUT2D eigenvalue weighted by molar-refractivity contribution is 5.19. The third kappa shape index (κ3) is 3.31. The van der Waals surface area contributed by atoms with Gasteiger partial charge in [-0.3, -0.25) is 9.80 Å². The van der Waals surface area contributed by atoms with Gasteiger partial charge in [0.25, 0.3) is 0 Å². The van der Waals surface area contributed by atoms with Crippen LogP contribution in [-0.2, 0) is 0 Å². The van der Waals surface area contributed by atoms with E-state index >= 15 is 0 Å². The summed E-state index contributed by atoms with van der Waals surface area (Å²) in [4.78, 5) is 5.19. The number of aliphatic hydroxyl groups excluding tert-OH is 1. The van der Waals surface area contributed by atoms with E-state index in [1.807, 2.05) is 30.3 Å². The van der Waals surface area contributed by atoms with Crippen molar-refractivity contribution in [1.29, 1.82) is 0 Å². The molecule has 0 aliphatic carbocycles. The Labute approximate surface area is 128 Å². The summed E-state index contributed by atoms with van der Waals surface area (Å²) in [6.45, 7) is 6.87. The van der Waals surface area contributed by atoms with E-state index in [-0.39, 0.29) is 12.1 Å². The van der Waals surface area contributed by atoms with E-state index in [4.69, 9.17) is 0 Å². The van der Waals surface area contributed by atoms with E-state index < -0.39 is 0 Å². The normalized spacial score (nSPS) is 27.0. The SMILES string of the molecule is CCC(C(O)c1ccccc1)N1CCN2CCCCC2C1. The van der Waals surface area contributed by atoms with Crippen molar-refractivity contribution in [1.82, 2.24) is 9.80 Å². The first-order valence-corrected chi connectivity index (χ1v) is 8.50. The van der Waals surface area contributed by atoms with Crippen LogP contribution in [-0.4, -0.2) is 53.2 Å². The van der Waals surface area contributed by atoms with Crippen LogP contribution in [0.4, 0.5) is 0 Å². The second-order valence-electron chi connectivity index (χ2n) is 6.51. The van der Waals surface area contributed by atoms with E-state index in [2.05, 4.69) is 16.7 Å². The monoisotopic (exact) mass is 288 g/mol. The number of nitrogens with zero attached hydrogens (tertiary/aromatic N) is 2. The lowest BCUT2D eigenvalue weighted by Crippen LogP contribution is -2.58. The van der Waals surface area contributed by atoms with Crippen molar-refractivity contribution in [3.8, 4) is 0 Å². The molecule has 3 rings (SSSR count). The highest BCUT2D eigenvalue weighted by Crippen LogP contribution is 2.28. The maximum Gasteiger partial charge on any atom is 0.0945 e. The molecular formula is C18H28N2O. The van der Waals surface area contributed by atoms with Gasteiger partial charge in [0.1, 0.15) is 0 Å². The zero-order chi connectivity index (χ0) is 14.7. The molecule has 0 saturated carbocycles. The molecule has 2 heterocycles. The molecule has 3 atom stereocenters. The molecule has 0 amide bonds. The standard InChI is InChI=1S/C18H28N2O/c1-2-17(18(21)15-8-4-3-5-9-15)20-13-12-19-11-7-6-10-16(19)14-20/h3-5,8-9,16-18,21H,2,6-7,10-14H2,1H3. The van der Waals surface area contributed by atoms with Crippen molar-refractivity contribution < 1.29 is 5.11 Å². The van der Waals surface area contributed by atoms with Gasteiger partial charge < -0.3 is 5.11 Å². The summed E-state index contributed by atoms with van der Waals surface area (Å²) in [5, 5.41) is 10.8. The summed E-state index contributed by atoms with van der Waals surface area (Å²) < 4.78 is 0. The minimum Gasteiger partial charge on any atom is -0.387 e. The van der Waals surface area contributed by atoms with Gasteiger partial charge in [-0.05, 0) is 31.4 Å². The maximum atomic E-state index is 10.8. The highest BCUT2D eigenvalue weighted by Gasteiger charge is 2.34. The maximum absolute atomic E-state index is 10.8. The Morgan fingerprint density at radius 3 is 2.71 bits per heavy atom. The van der Waals surface area contributed by atoms with E-state index in [0.29, 0.717) is 6.04 Å². The molecular weight excluding hydrogens is 260 g/mol. The number of benzene rings is 1. The van der Waals surface area contributed by atoms with Crippen molar-refractivity contribution in [3.05, 3.63) is 35.9 Å². The lowest BCUT2D eigenvalue weighted by atomic mass is 9.94. The van der Waals surface area contributed by atoms with Crippen LogP contribution in [0, 0.1) is 0 Å². The lowest BCUT2D eigenvalue weighted by Gasteiger charge is -2.47. The fraction of sp³-hybridized carbons (Fsp3) is 0.667. The minimum absolute atomic E-state index is 0.247. The Bertz CT molecular complexity index is 436. The fourth-order valence-corrected chi connectivity index (χ4v) is 4.03. The number of piperazine rings is 1. The molecule has 0 bridgehead atoms. The Kier molecular flexibility index (Phi) is 4.94. The Morgan fingerprint density at radius 1 is 1.14 bits per heavy atom. The zero-order valence-electron chi connectivity index (χ0n) is 13.1. The molecule has 2 fully saturated rings. The molecule has 1 aromatic carbocycles. The van der Waals surface area contributed by atoms with Crippen molar-refractivity contribution in [2.75, 3.05) is 26.2 Å². The van der Waals surface area contributed by atoms with Gasteiger partial charge in [0.2, 0.25) is 0 Å². The Balaban J connectivity index is 1.68. The van der Waals surface area contributed by atoms with Gasteiger partial charge in [0.15, 0.2) is 0 Å². The van der Waals surface area contributed by atoms with Crippen molar-refractivity contribution >= 4 is 0 Å². The number of hydrogen-bond acceptors (Lipinski definition) is 3. The van der Waals surface area contributed by atoms with Crippen molar-refractivity contribution in [2.45, 2.75) is 50.8 Å². The first-order valence-electron chi connectivity index (χ1n) is 8.50. The summed E-state index contributed by atoms with van der Waals surface area (Å²) in [6.07, 6.45) is 4.69. The van der Waals surface area contributed by atoms with E-state index in [0.717, 1.165) is 25.1 Å². The Morgan fingerprint density at radius 2 is 1.95 bits per heavy atom. The first-order chi connectivity index (χ1) is 10.3. The van der Waals surface area contributed by atoms with Crippen LogP contribution in [0.1, 0.15) is 44.3 Å². The summed E-state index contributed by atoms with van der Waals surface area (Å²) in [7, 11) is 0. The van der Waals surface area contributed by atoms with Gasteiger partial charge in [-0.15, -0.1) is 0 Å². The molecule has 0 radical (unpaired) electrons. The average Bonchev–Trinajstić information content (AvgIpc) is 2.56. The summed E-state index contributed by atoms with van der Waals surface area (Å²) >= 11 is 0. The fourth-order valence-electron chi connectivity index (χ4n) is 4.03. The molecule has 1 N–H and O–H groups in total. The molecule has 2 aliphatic rings. The molecule has 21 heavy (non-hydrogen) atoms. The van der Waals surface area contributed by atoms with Crippen LogP contribution in [0.2, 0.25) is 0 Å². The molecule has 3 nitrogen and oxygen atoms in total. The summed E-state index contributed by atoms with van der Waals surface area (Å²) in [5.74, 6) is 0. The van der Waals surface area contributed by atoms with Crippen LogP contribution in [0.15, 0.2) is 30.3 Å². The van der Waals surface area contributed by atoms with Gasteiger partial charge in [-0.25, -0.2) is 0 Å². The second-order valence-corrected chi connectivity index (χ2v) is 6.51. The number of fused-ring (bicyclic) bond motifs is 1. The molecule has 0 spiro atoms. The molecule has 2 aliphatic heterocycles. The number of piperidine rings is 1. The van der Waals surface area contributed by atoms with Crippen LogP contribution >= 0.6 is 0 Å². The van der Waals surface area contributed by atoms with Crippen LogP contribution in [0.25, 0.3) is 0 Å². The van der Waals surface area contributed by atoms with E-state index in [1.54, 1.807) is 0 Å². The molecule has 3 heteroatoms. The van der Waals surface area contributed by atoms with Gasteiger partial charge in [-0.2, -0.15) is 0 Å². The summed E-state index contributed by atoms with van der Waals surface area (Å²) in [6, 6.07) is 11.1. The van der Waals surface area contributed by atoms with Crippen LogP contribution in [0.3, 0.4) is 0 Å². The third-order valence-electron chi connectivity index (χ3n) is 5.26. The van der Waals surface area contributed by atoms with Gasteiger partial charge in [-0.1, -0.05) is 43.7 Å². The van der Waals surface area contributed by atoms with Gasteiger partial charge in [0, 0.05) is 31.7 Å². The third-order valence-corrected chi connectivity index (χ3v) is 5.26. The van der Waals surface area contributed by atoms with Crippen molar-refractivity contribution in [3.63, 3.8) is 0 Å². The van der Waals surface area contributed by atoms with Gasteiger partial charge in [0.05, 0.1) is 6.10 Å². The first kappa shape index (κ1) is 15.0. The average molecular weight is 288 g/mol. The minimum atomic E-state index is -0.369. The number of hydrogen-bond donors (Lipinski definition) is 1. The topological polar surface area (TPSA) is 26.7 Å². The van der Waals surface area contributed by atoms with Crippen molar-refractivity contribution in [2.24, 2.45) is 0 Å². The predicted octanol–water partition coefficient (Wildman–Crippen LogP) is 2.67. The molecule has 3 unspecified atom stereocenters. The largest absolute Gasteiger partial charge is 0.387 e. The van der Waals surface area contributed by atoms with Gasteiger partial charge >= 0.3 is 0 Å². The highest BCUT2D eigenvalue weighted by atomic mass is 16.3.